The fourth-order valence-corrected chi connectivity index (χ4v) is 2.12. The van der Waals surface area contributed by atoms with E-state index in [1.807, 2.05) is 18.2 Å². The second kappa shape index (κ2) is 4.26. The highest BCUT2D eigenvalue weighted by Gasteiger charge is 2.44. The lowest BCUT2D eigenvalue weighted by atomic mass is 9.77. The van der Waals surface area contributed by atoms with E-state index in [1.165, 1.54) is 0 Å². The van der Waals surface area contributed by atoms with Gasteiger partial charge in [0, 0.05) is 0 Å². The Morgan fingerprint density at radius 2 is 1.94 bits per heavy atom. The van der Waals surface area contributed by atoms with Crippen LogP contribution in [0, 0.1) is 5.92 Å². The molecule has 0 bridgehead atoms. The molecule has 2 N–H and O–H groups in total. The molecular weight excluding hydrogens is 204 g/mol. The average Bonchev–Trinajstić information content (AvgIpc) is 3.10. The molecule has 1 aromatic rings. The Morgan fingerprint density at radius 1 is 1.31 bits per heavy atom. The molecule has 3 nitrogen and oxygen atoms in total. The molecule has 0 aliphatic heterocycles. The fourth-order valence-electron chi connectivity index (χ4n) is 2.12. The van der Waals surface area contributed by atoms with Crippen molar-refractivity contribution < 1.29 is 15.0 Å². The largest absolute Gasteiger partial charge is 0.481 e. The normalized spacial score (nSPS) is 19.1. The van der Waals surface area contributed by atoms with Gasteiger partial charge in [-0.1, -0.05) is 43.2 Å². The Kier molecular flexibility index (Phi) is 2.97. The van der Waals surface area contributed by atoms with Crippen molar-refractivity contribution in [1.82, 2.24) is 0 Å². The van der Waals surface area contributed by atoms with Crippen molar-refractivity contribution in [2.75, 3.05) is 6.61 Å². The van der Waals surface area contributed by atoms with Crippen LogP contribution in [-0.4, -0.2) is 22.8 Å². The van der Waals surface area contributed by atoms with Gasteiger partial charge in [0.2, 0.25) is 0 Å². The number of carbonyl (C=O) groups is 1. The lowest BCUT2D eigenvalue weighted by Crippen LogP contribution is -2.40. The molecule has 1 aliphatic rings. The maximum atomic E-state index is 11.5. The van der Waals surface area contributed by atoms with E-state index in [4.69, 9.17) is 0 Å². The molecule has 86 valence electrons. The molecule has 3 heteroatoms. The van der Waals surface area contributed by atoms with Gasteiger partial charge in [0.15, 0.2) is 0 Å². The van der Waals surface area contributed by atoms with Gasteiger partial charge in [-0.25, -0.2) is 0 Å². The Hall–Kier alpha value is -1.35. The summed E-state index contributed by atoms with van der Waals surface area (Å²) in [5.41, 5.74) is -0.403. The second-order valence-electron chi connectivity index (χ2n) is 4.56. The van der Waals surface area contributed by atoms with Gasteiger partial charge in [-0.3, -0.25) is 4.79 Å². The maximum absolute atomic E-state index is 11.5. The Bertz CT molecular complexity index is 370. The summed E-state index contributed by atoms with van der Waals surface area (Å²) in [7, 11) is 0. The summed E-state index contributed by atoms with van der Waals surface area (Å²) >= 11 is 0. The van der Waals surface area contributed by atoms with Gasteiger partial charge in [0.1, 0.15) is 5.41 Å². The van der Waals surface area contributed by atoms with Gasteiger partial charge in [-0.15, -0.1) is 0 Å². The van der Waals surface area contributed by atoms with Gasteiger partial charge in [0.25, 0.3) is 0 Å². The third kappa shape index (κ3) is 1.95. The van der Waals surface area contributed by atoms with Crippen molar-refractivity contribution >= 4 is 5.97 Å². The van der Waals surface area contributed by atoms with Crippen LogP contribution >= 0.6 is 0 Å². The smallest absolute Gasteiger partial charge is 0.316 e. The first-order valence-electron chi connectivity index (χ1n) is 5.59. The van der Waals surface area contributed by atoms with E-state index in [0.717, 1.165) is 12.8 Å². The summed E-state index contributed by atoms with van der Waals surface area (Å²) in [6.45, 7) is -0.331. The van der Waals surface area contributed by atoms with Crippen molar-refractivity contribution in [1.29, 1.82) is 0 Å². The highest BCUT2D eigenvalue weighted by molar-refractivity contribution is 5.81. The zero-order valence-corrected chi connectivity index (χ0v) is 9.10. The molecule has 1 aliphatic carbocycles. The van der Waals surface area contributed by atoms with Gasteiger partial charge < -0.3 is 10.2 Å². The summed E-state index contributed by atoms with van der Waals surface area (Å²) < 4.78 is 0. The van der Waals surface area contributed by atoms with Crippen LogP contribution in [0.4, 0.5) is 0 Å². The number of aliphatic hydroxyl groups excluding tert-OH is 1. The first-order valence-corrected chi connectivity index (χ1v) is 5.59. The topological polar surface area (TPSA) is 57.5 Å². The number of aliphatic hydroxyl groups is 1. The van der Waals surface area contributed by atoms with E-state index < -0.39 is 11.4 Å². The van der Waals surface area contributed by atoms with Crippen molar-refractivity contribution in [3.63, 3.8) is 0 Å². The molecule has 1 atom stereocenters. The highest BCUT2D eigenvalue weighted by atomic mass is 16.4. The van der Waals surface area contributed by atoms with Crippen LogP contribution in [0.1, 0.15) is 24.8 Å². The van der Waals surface area contributed by atoms with Gasteiger partial charge in [0.05, 0.1) is 6.61 Å². The molecule has 1 aromatic carbocycles. The van der Waals surface area contributed by atoms with E-state index >= 15 is 0 Å². The minimum atomic E-state index is -1.11. The summed E-state index contributed by atoms with van der Waals surface area (Å²) in [5, 5.41) is 18.9. The molecule has 16 heavy (non-hydrogen) atoms. The summed E-state index contributed by atoms with van der Waals surface area (Å²) in [6.07, 6.45) is 2.71. The minimum absolute atomic E-state index is 0.331. The number of hydrogen-bond donors (Lipinski definition) is 2. The predicted molar refractivity (Wildman–Crippen MR) is 60.2 cm³/mol. The molecule has 1 fully saturated rings. The molecular formula is C13H16O3. The SMILES string of the molecule is O=C(O)C(CO)(CC1CC1)c1ccccc1. The fraction of sp³-hybridized carbons (Fsp3) is 0.462. The predicted octanol–water partition coefficient (Wildman–Crippen LogP) is 1.80. The van der Waals surface area contributed by atoms with Crippen LogP contribution in [0.25, 0.3) is 0 Å². The van der Waals surface area contributed by atoms with Crippen LogP contribution in [0.2, 0.25) is 0 Å². The van der Waals surface area contributed by atoms with Crippen molar-refractivity contribution in [2.24, 2.45) is 5.92 Å². The van der Waals surface area contributed by atoms with Crippen molar-refractivity contribution in [3.8, 4) is 0 Å². The second-order valence-corrected chi connectivity index (χ2v) is 4.56. The third-order valence-electron chi connectivity index (χ3n) is 3.34. The lowest BCUT2D eigenvalue weighted by molar-refractivity contribution is -0.146. The van der Waals surface area contributed by atoms with Crippen LogP contribution in [-0.2, 0) is 10.2 Å². The van der Waals surface area contributed by atoms with E-state index in [-0.39, 0.29) is 6.61 Å². The van der Waals surface area contributed by atoms with Gasteiger partial charge in [-0.2, -0.15) is 0 Å². The number of rotatable bonds is 5. The third-order valence-corrected chi connectivity index (χ3v) is 3.34. The molecule has 0 radical (unpaired) electrons. The first kappa shape index (κ1) is 11.1. The van der Waals surface area contributed by atoms with Crippen LogP contribution in [0.3, 0.4) is 0 Å². The van der Waals surface area contributed by atoms with E-state index in [1.54, 1.807) is 12.1 Å². The average molecular weight is 220 g/mol. The quantitative estimate of drug-likeness (QED) is 0.795. The van der Waals surface area contributed by atoms with Crippen molar-refractivity contribution in [2.45, 2.75) is 24.7 Å². The van der Waals surface area contributed by atoms with E-state index in [2.05, 4.69) is 0 Å². The molecule has 0 spiro atoms. The van der Waals surface area contributed by atoms with Crippen LogP contribution in [0.15, 0.2) is 30.3 Å². The Labute approximate surface area is 94.7 Å². The number of aliphatic carboxylic acids is 1. The Morgan fingerprint density at radius 3 is 2.38 bits per heavy atom. The Balaban J connectivity index is 2.35. The number of carboxylic acid groups (broad SMARTS) is 1. The molecule has 0 saturated heterocycles. The first-order chi connectivity index (χ1) is 7.69. The monoisotopic (exact) mass is 220 g/mol. The van der Waals surface area contributed by atoms with Crippen LogP contribution in [0.5, 0.6) is 0 Å². The summed E-state index contributed by atoms with van der Waals surface area (Å²) in [6, 6.07) is 9.05. The number of benzene rings is 1. The minimum Gasteiger partial charge on any atom is -0.481 e. The van der Waals surface area contributed by atoms with E-state index in [0.29, 0.717) is 17.9 Å². The summed E-state index contributed by atoms with van der Waals surface area (Å²) in [5.74, 6) is -0.462. The standard InChI is InChI=1S/C13H16O3/c14-9-13(12(15)16,8-10-6-7-10)11-4-2-1-3-5-11/h1-5,10,14H,6-9H2,(H,15,16). The zero-order valence-electron chi connectivity index (χ0n) is 9.10. The molecule has 2 rings (SSSR count). The molecule has 0 heterocycles. The lowest BCUT2D eigenvalue weighted by Gasteiger charge is -2.27. The summed E-state index contributed by atoms with van der Waals surface area (Å²) in [4.78, 5) is 11.5. The highest BCUT2D eigenvalue weighted by Crippen LogP contribution is 2.42. The molecule has 0 aromatic heterocycles. The van der Waals surface area contributed by atoms with Gasteiger partial charge in [-0.05, 0) is 17.9 Å². The number of carboxylic acids is 1. The molecule has 1 unspecified atom stereocenters. The van der Waals surface area contributed by atoms with Crippen LogP contribution < -0.4 is 0 Å². The zero-order chi connectivity index (χ0) is 11.6. The molecule has 0 amide bonds. The maximum Gasteiger partial charge on any atom is 0.316 e. The van der Waals surface area contributed by atoms with Gasteiger partial charge >= 0.3 is 5.97 Å². The van der Waals surface area contributed by atoms with E-state index in [9.17, 15) is 15.0 Å². The number of hydrogen-bond acceptors (Lipinski definition) is 2. The van der Waals surface area contributed by atoms with Crippen molar-refractivity contribution in [3.05, 3.63) is 35.9 Å². The molecule has 1 saturated carbocycles.